The normalized spacial score (nSPS) is 16.2. The van der Waals surface area contributed by atoms with Crippen molar-refractivity contribution in [3.8, 4) is 11.4 Å². The van der Waals surface area contributed by atoms with E-state index in [4.69, 9.17) is 0 Å². The third-order valence-corrected chi connectivity index (χ3v) is 4.61. The Morgan fingerprint density at radius 3 is 2.57 bits per heavy atom. The van der Waals surface area contributed by atoms with Crippen LogP contribution in [0.2, 0.25) is 0 Å². The van der Waals surface area contributed by atoms with Gasteiger partial charge in [0.2, 0.25) is 0 Å². The Labute approximate surface area is 166 Å². The van der Waals surface area contributed by atoms with E-state index in [1.165, 1.54) is 10.7 Å². The first-order valence-corrected chi connectivity index (χ1v) is 8.96. The van der Waals surface area contributed by atoms with Crippen molar-refractivity contribution in [3.63, 3.8) is 0 Å². The highest BCUT2D eigenvalue weighted by molar-refractivity contribution is 5.94. The lowest BCUT2D eigenvalue weighted by molar-refractivity contribution is -0.141. The van der Waals surface area contributed by atoms with Gasteiger partial charge in [-0.15, -0.1) is 0 Å². The maximum Gasteiger partial charge on any atom is 0.433 e. The number of halogens is 5. The van der Waals surface area contributed by atoms with Gasteiger partial charge in [-0.05, 0) is 37.1 Å². The highest BCUT2D eigenvalue weighted by Crippen LogP contribution is 2.31. The molecule has 0 spiro atoms. The van der Waals surface area contributed by atoms with Crippen molar-refractivity contribution >= 4 is 5.91 Å². The largest absolute Gasteiger partial charge is 0.433 e. The van der Waals surface area contributed by atoms with Crippen LogP contribution in [0.3, 0.4) is 0 Å². The Hall–Kier alpha value is -3.37. The molecule has 156 valence electrons. The number of carbonyl (C=O) groups is 1. The third-order valence-electron chi connectivity index (χ3n) is 4.61. The molecule has 1 amide bonds. The van der Waals surface area contributed by atoms with Gasteiger partial charge in [0.25, 0.3) is 5.91 Å². The van der Waals surface area contributed by atoms with Crippen LogP contribution in [-0.4, -0.2) is 25.7 Å². The fraction of sp³-hybridized carbons (Fsp3) is 0.263. The Morgan fingerprint density at radius 2 is 1.87 bits per heavy atom. The van der Waals surface area contributed by atoms with Crippen molar-refractivity contribution in [1.82, 2.24) is 25.1 Å². The maximum atomic E-state index is 13.4. The number of carbonyl (C=O) groups excluding carboxylic acids is 1. The van der Waals surface area contributed by atoms with Crippen LogP contribution in [0.15, 0.2) is 36.5 Å². The molecule has 0 saturated heterocycles. The standard InChI is InChI=1S/C19H14F5N5O/c20-12-6-11(7-13(21)9-12)18(30)26-14-2-1-5-29-17(14)27-16(28-29)10-3-4-25-15(8-10)19(22,23)24/h3-4,6-9,14H,1-2,5H2,(H,26,30). The molecule has 1 atom stereocenters. The number of rotatable bonds is 3. The number of amides is 1. The number of aromatic nitrogens is 4. The molecule has 1 aliphatic heterocycles. The number of nitrogens with one attached hydrogen (secondary N) is 1. The quantitative estimate of drug-likeness (QED) is 0.649. The first kappa shape index (κ1) is 19.9. The minimum atomic E-state index is -4.61. The van der Waals surface area contributed by atoms with E-state index in [1.54, 1.807) is 0 Å². The molecule has 1 unspecified atom stereocenters. The Kier molecular flexibility index (Phi) is 4.96. The summed E-state index contributed by atoms with van der Waals surface area (Å²) in [6, 6.07) is 4.08. The number of fused-ring (bicyclic) bond motifs is 1. The SMILES string of the molecule is O=C(NC1CCCn2nc(-c3ccnc(C(F)(F)F)c3)nc21)c1cc(F)cc(F)c1. The molecule has 1 aliphatic rings. The van der Waals surface area contributed by atoms with Gasteiger partial charge in [-0.25, -0.2) is 18.4 Å². The number of hydrogen-bond donors (Lipinski definition) is 1. The lowest BCUT2D eigenvalue weighted by Crippen LogP contribution is -2.33. The summed E-state index contributed by atoms with van der Waals surface area (Å²) < 4.78 is 67.0. The predicted molar refractivity (Wildman–Crippen MR) is 94.1 cm³/mol. The highest BCUT2D eigenvalue weighted by Gasteiger charge is 2.33. The molecule has 0 aliphatic carbocycles. The lowest BCUT2D eigenvalue weighted by atomic mass is 10.1. The molecule has 0 bridgehead atoms. The molecular weight excluding hydrogens is 409 g/mol. The van der Waals surface area contributed by atoms with E-state index in [1.807, 2.05) is 0 Å². The van der Waals surface area contributed by atoms with Crippen LogP contribution in [0.1, 0.15) is 40.8 Å². The van der Waals surface area contributed by atoms with Crippen molar-refractivity contribution in [2.75, 3.05) is 0 Å². The van der Waals surface area contributed by atoms with Crippen molar-refractivity contribution < 1.29 is 26.7 Å². The smallest absolute Gasteiger partial charge is 0.342 e. The lowest BCUT2D eigenvalue weighted by Gasteiger charge is -2.23. The third kappa shape index (κ3) is 4.00. The summed E-state index contributed by atoms with van der Waals surface area (Å²) >= 11 is 0. The van der Waals surface area contributed by atoms with E-state index in [0.29, 0.717) is 31.3 Å². The summed E-state index contributed by atoms with van der Waals surface area (Å²) in [5.41, 5.74) is -1.12. The minimum absolute atomic E-state index is 0.0656. The highest BCUT2D eigenvalue weighted by atomic mass is 19.4. The molecule has 1 aromatic carbocycles. The molecule has 30 heavy (non-hydrogen) atoms. The van der Waals surface area contributed by atoms with Crippen molar-refractivity contribution in [3.05, 3.63) is 65.2 Å². The van der Waals surface area contributed by atoms with E-state index in [-0.39, 0.29) is 17.0 Å². The number of hydrogen-bond acceptors (Lipinski definition) is 4. The number of nitrogens with zero attached hydrogens (tertiary/aromatic N) is 4. The van der Waals surface area contributed by atoms with Gasteiger partial charge in [0, 0.05) is 29.9 Å². The van der Waals surface area contributed by atoms with Crippen molar-refractivity contribution in [2.24, 2.45) is 0 Å². The van der Waals surface area contributed by atoms with Crippen LogP contribution < -0.4 is 5.32 Å². The minimum Gasteiger partial charge on any atom is -0.342 e. The van der Waals surface area contributed by atoms with Gasteiger partial charge in [-0.1, -0.05) is 0 Å². The van der Waals surface area contributed by atoms with Gasteiger partial charge in [-0.3, -0.25) is 9.78 Å². The molecule has 0 radical (unpaired) electrons. The second-order valence-electron chi connectivity index (χ2n) is 6.77. The van der Waals surface area contributed by atoms with E-state index in [9.17, 15) is 26.7 Å². The van der Waals surface area contributed by atoms with Crippen LogP contribution in [0.4, 0.5) is 22.0 Å². The van der Waals surface area contributed by atoms with Gasteiger partial charge in [0.15, 0.2) is 5.82 Å². The molecule has 0 saturated carbocycles. The topological polar surface area (TPSA) is 72.7 Å². The maximum absolute atomic E-state index is 13.4. The summed E-state index contributed by atoms with van der Waals surface area (Å²) in [4.78, 5) is 20.0. The van der Waals surface area contributed by atoms with Gasteiger partial charge in [0.1, 0.15) is 23.2 Å². The Balaban J connectivity index is 1.61. The van der Waals surface area contributed by atoms with Crippen LogP contribution in [0.25, 0.3) is 11.4 Å². The second-order valence-corrected chi connectivity index (χ2v) is 6.77. The van der Waals surface area contributed by atoms with Crippen LogP contribution in [0.5, 0.6) is 0 Å². The van der Waals surface area contributed by atoms with Gasteiger partial charge < -0.3 is 5.32 Å². The predicted octanol–water partition coefficient (Wildman–Crippen LogP) is 3.90. The number of aryl methyl sites for hydroxylation is 1. The summed E-state index contributed by atoms with van der Waals surface area (Å²) in [7, 11) is 0. The van der Waals surface area contributed by atoms with E-state index >= 15 is 0 Å². The molecule has 6 nitrogen and oxygen atoms in total. The molecule has 3 heterocycles. The zero-order chi connectivity index (χ0) is 21.5. The van der Waals surface area contributed by atoms with E-state index in [2.05, 4.69) is 20.4 Å². The molecule has 11 heteroatoms. The average molecular weight is 423 g/mol. The van der Waals surface area contributed by atoms with E-state index < -0.39 is 35.5 Å². The first-order chi connectivity index (χ1) is 14.2. The molecular formula is C19H14F5N5O. The van der Waals surface area contributed by atoms with Gasteiger partial charge >= 0.3 is 6.18 Å². The fourth-order valence-electron chi connectivity index (χ4n) is 3.26. The van der Waals surface area contributed by atoms with Gasteiger partial charge in [-0.2, -0.15) is 18.3 Å². The van der Waals surface area contributed by atoms with Crippen LogP contribution >= 0.6 is 0 Å². The monoisotopic (exact) mass is 423 g/mol. The number of benzene rings is 1. The number of pyridine rings is 1. The zero-order valence-electron chi connectivity index (χ0n) is 15.2. The Bertz CT molecular complexity index is 1090. The molecule has 3 aromatic rings. The summed E-state index contributed by atoms with van der Waals surface area (Å²) in [6.45, 7) is 0.473. The fourth-order valence-corrected chi connectivity index (χ4v) is 3.26. The van der Waals surface area contributed by atoms with Crippen LogP contribution in [-0.2, 0) is 12.7 Å². The van der Waals surface area contributed by atoms with Gasteiger partial charge in [0.05, 0.1) is 6.04 Å². The summed E-state index contributed by atoms with van der Waals surface area (Å²) in [5, 5.41) is 6.90. The van der Waals surface area contributed by atoms with Crippen LogP contribution in [0, 0.1) is 11.6 Å². The zero-order valence-corrected chi connectivity index (χ0v) is 15.2. The Morgan fingerprint density at radius 1 is 1.13 bits per heavy atom. The number of alkyl halides is 3. The summed E-state index contributed by atoms with van der Waals surface area (Å²) in [5.74, 6) is -2.04. The molecule has 1 N–H and O–H groups in total. The molecule has 0 fully saturated rings. The van der Waals surface area contributed by atoms with E-state index in [0.717, 1.165) is 24.4 Å². The second kappa shape index (κ2) is 7.47. The molecule has 2 aromatic heterocycles. The molecule has 4 rings (SSSR count). The van der Waals surface area contributed by atoms with Crippen molar-refractivity contribution in [1.29, 1.82) is 0 Å². The first-order valence-electron chi connectivity index (χ1n) is 8.96. The summed E-state index contributed by atoms with van der Waals surface area (Å²) in [6.07, 6.45) is -2.46. The van der Waals surface area contributed by atoms with Crippen molar-refractivity contribution in [2.45, 2.75) is 31.6 Å². The average Bonchev–Trinajstić information content (AvgIpc) is 3.12.